The number of carbonyl (C=O) groups is 1. The Labute approximate surface area is 196 Å². The molecule has 3 heterocycles. The minimum atomic E-state index is -2.99. The van der Waals surface area contributed by atoms with Gasteiger partial charge in [0.2, 0.25) is 5.72 Å². The highest BCUT2D eigenvalue weighted by Gasteiger charge is 2.53. The number of ether oxygens (including phenoxy) is 3. The second kappa shape index (κ2) is 8.05. The summed E-state index contributed by atoms with van der Waals surface area (Å²) in [6.07, 6.45) is 1.63. The molecule has 5 rings (SSSR count). The van der Waals surface area contributed by atoms with E-state index in [-0.39, 0.29) is 22.8 Å². The maximum Gasteiger partial charge on any atom is 0.387 e. The third kappa shape index (κ3) is 3.49. The van der Waals surface area contributed by atoms with Crippen molar-refractivity contribution in [1.29, 1.82) is 0 Å². The normalized spacial score (nSPS) is 22.9. The summed E-state index contributed by atoms with van der Waals surface area (Å²) in [6.45, 7) is 0.248. The van der Waals surface area contributed by atoms with Crippen LogP contribution in [0.2, 0.25) is 0 Å². The van der Waals surface area contributed by atoms with Crippen molar-refractivity contribution in [3.05, 3.63) is 73.3 Å². The van der Waals surface area contributed by atoms with Crippen LogP contribution in [0.3, 0.4) is 0 Å². The molecular weight excluding hydrogens is 466 g/mol. The Hall–Kier alpha value is -3.53. The molecule has 3 aromatic rings. The Morgan fingerprint density at radius 3 is 2.74 bits per heavy atom. The molecule has 0 fully saturated rings. The lowest BCUT2D eigenvalue weighted by Crippen LogP contribution is -2.58. The molecule has 0 aliphatic carbocycles. The number of thiazole rings is 1. The Kier molecular flexibility index (Phi) is 5.27. The molecule has 2 aliphatic heterocycles. The molecule has 0 unspecified atom stereocenters. The van der Waals surface area contributed by atoms with Gasteiger partial charge < -0.3 is 14.2 Å². The molecule has 34 heavy (non-hydrogen) atoms. The number of halogens is 2. The first-order chi connectivity index (χ1) is 16.2. The second-order valence-corrected chi connectivity index (χ2v) is 9.21. The van der Waals surface area contributed by atoms with E-state index < -0.39 is 24.3 Å². The van der Waals surface area contributed by atoms with Gasteiger partial charge in [-0.3, -0.25) is 14.2 Å². The SMILES string of the molecule is COc1cc(/C=c2\sc3n(c2=O)[C@H]2c4ccccc4O[C@@](C)(N=3)[C@@H]2C(C)=O)ccc1OC(F)F. The summed E-state index contributed by atoms with van der Waals surface area (Å²) in [5.74, 6) is -0.195. The number of carbonyl (C=O) groups excluding carboxylic acids is 1. The largest absolute Gasteiger partial charge is 0.493 e. The number of aromatic nitrogens is 1. The standard InChI is InChI=1S/C24H20F2N2O5S/c1-12(29)19-20-14-6-4-5-7-15(14)33-24(19,2)27-23-28(20)21(30)18(34-23)11-13-8-9-16(32-22(25)26)17(10-13)31-3/h4-11,19-20,22H,1-3H3/b18-11-/t19-,20+,24-/m1/s1. The summed E-state index contributed by atoms with van der Waals surface area (Å²) in [7, 11) is 1.34. The lowest BCUT2D eigenvalue weighted by Gasteiger charge is -2.45. The summed E-state index contributed by atoms with van der Waals surface area (Å²) in [5, 5.41) is 0. The van der Waals surface area contributed by atoms with Crippen molar-refractivity contribution in [3.8, 4) is 17.2 Å². The lowest BCUT2D eigenvalue weighted by molar-refractivity contribution is -0.132. The van der Waals surface area contributed by atoms with Crippen molar-refractivity contribution in [1.82, 2.24) is 4.57 Å². The van der Waals surface area contributed by atoms with Gasteiger partial charge in [-0.2, -0.15) is 8.78 Å². The zero-order chi connectivity index (χ0) is 24.2. The lowest BCUT2D eigenvalue weighted by atomic mass is 9.79. The van der Waals surface area contributed by atoms with E-state index in [1.807, 2.05) is 18.2 Å². The maximum atomic E-state index is 13.5. The average Bonchev–Trinajstić information content (AvgIpc) is 3.07. The first kappa shape index (κ1) is 22.3. The van der Waals surface area contributed by atoms with E-state index in [9.17, 15) is 18.4 Å². The van der Waals surface area contributed by atoms with Crippen LogP contribution in [0.5, 0.6) is 17.2 Å². The number of para-hydroxylation sites is 1. The van der Waals surface area contributed by atoms with Crippen LogP contribution in [0.15, 0.2) is 52.3 Å². The number of rotatable bonds is 5. The molecule has 7 nitrogen and oxygen atoms in total. The van der Waals surface area contributed by atoms with E-state index in [1.165, 1.54) is 37.5 Å². The fourth-order valence-corrected chi connectivity index (χ4v) is 5.77. The van der Waals surface area contributed by atoms with E-state index in [0.717, 1.165) is 5.56 Å². The Balaban J connectivity index is 1.69. The van der Waals surface area contributed by atoms with Crippen molar-refractivity contribution >= 4 is 23.2 Å². The summed E-state index contributed by atoms with van der Waals surface area (Å²) in [6, 6.07) is 11.2. The van der Waals surface area contributed by atoms with Gasteiger partial charge in [0.05, 0.1) is 17.7 Å². The van der Waals surface area contributed by atoms with E-state index >= 15 is 0 Å². The van der Waals surface area contributed by atoms with Crippen LogP contribution in [-0.4, -0.2) is 29.8 Å². The van der Waals surface area contributed by atoms with Crippen molar-refractivity contribution < 1.29 is 27.8 Å². The number of fused-ring (bicyclic) bond motifs is 6. The molecule has 2 aliphatic rings. The zero-order valence-electron chi connectivity index (χ0n) is 18.5. The molecule has 0 saturated heterocycles. The van der Waals surface area contributed by atoms with Crippen molar-refractivity contribution in [2.75, 3.05) is 7.11 Å². The molecule has 10 heteroatoms. The molecule has 176 valence electrons. The van der Waals surface area contributed by atoms with Crippen molar-refractivity contribution in [2.45, 2.75) is 32.2 Å². The minimum absolute atomic E-state index is 0.105. The predicted molar refractivity (Wildman–Crippen MR) is 120 cm³/mol. The van der Waals surface area contributed by atoms with Crippen LogP contribution in [0, 0.1) is 5.92 Å². The van der Waals surface area contributed by atoms with E-state index in [0.29, 0.717) is 20.6 Å². The molecular formula is C24H20F2N2O5S. The zero-order valence-corrected chi connectivity index (χ0v) is 19.3. The summed E-state index contributed by atoms with van der Waals surface area (Å²) < 4.78 is 43.0. The quantitative estimate of drug-likeness (QED) is 0.554. The van der Waals surface area contributed by atoms with Gasteiger partial charge in [0.1, 0.15) is 17.5 Å². The highest BCUT2D eigenvalue weighted by atomic mass is 32.1. The van der Waals surface area contributed by atoms with E-state index in [1.54, 1.807) is 29.7 Å². The number of ketones is 1. The number of benzene rings is 2. The van der Waals surface area contributed by atoms with E-state index in [2.05, 4.69) is 4.74 Å². The van der Waals surface area contributed by atoms with Crippen molar-refractivity contribution in [3.63, 3.8) is 0 Å². The third-order valence-corrected chi connectivity index (χ3v) is 7.00. The van der Waals surface area contributed by atoms with Crippen LogP contribution in [0.25, 0.3) is 6.08 Å². The fourth-order valence-electron chi connectivity index (χ4n) is 4.67. The second-order valence-electron chi connectivity index (χ2n) is 8.20. The monoisotopic (exact) mass is 486 g/mol. The van der Waals surface area contributed by atoms with E-state index in [4.69, 9.17) is 14.5 Å². The van der Waals surface area contributed by atoms with Crippen LogP contribution in [0.4, 0.5) is 8.78 Å². The molecule has 2 aromatic carbocycles. The highest BCUT2D eigenvalue weighted by molar-refractivity contribution is 7.07. The number of alkyl halides is 2. The van der Waals surface area contributed by atoms with Crippen LogP contribution in [0.1, 0.15) is 31.0 Å². The number of nitrogens with zero attached hydrogens (tertiary/aromatic N) is 2. The average molecular weight is 486 g/mol. The number of hydrogen-bond donors (Lipinski definition) is 0. The van der Waals surface area contributed by atoms with Crippen LogP contribution >= 0.6 is 11.3 Å². The molecule has 0 amide bonds. The van der Waals surface area contributed by atoms with Gasteiger partial charge in [0.25, 0.3) is 5.56 Å². The predicted octanol–water partition coefficient (Wildman–Crippen LogP) is 2.89. The van der Waals surface area contributed by atoms with Gasteiger partial charge in [0, 0.05) is 5.56 Å². The summed E-state index contributed by atoms with van der Waals surface area (Å²) in [4.78, 5) is 31.4. The topological polar surface area (TPSA) is 79.1 Å². The Morgan fingerprint density at radius 1 is 1.26 bits per heavy atom. The van der Waals surface area contributed by atoms with Crippen LogP contribution in [-0.2, 0) is 4.79 Å². The maximum absolute atomic E-state index is 13.5. The van der Waals surface area contributed by atoms with Crippen LogP contribution < -0.4 is 29.1 Å². The highest BCUT2D eigenvalue weighted by Crippen LogP contribution is 2.47. The van der Waals surface area contributed by atoms with Gasteiger partial charge in [-0.05, 0) is 43.7 Å². The smallest absolute Gasteiger partial charge is 0.387 e. The molecule has 0 radical (unpaired) electrons. The third-order valence-electron chi connectivity index (χ3n) is 6.02. The van der Waals surface area contributed by atoms with Crippen molar-refractivity contribution in [2.24, 2.45) is 10.9 Å². The number of Topliss-reactive ketones (excluding diaryl/α,β-unsaturated/α-hetero) is 1. The minimum Gasteiger partial charge on any atom is -0.493 e. The van der Waals surface area contributed by atoms with Gasteiger partial charge >= 0.3 is 6.61 Å². The Morgan fingerprint density at radius 2 is 2.03 bits per heavy atom. The summed E-state index contributed by atoms with van der Waals surface area (Å²) in [5.41, 5.74) is -0.135. The fraction of sp³-hybridized carbons (Fsp3) is 0.292. The molecule has 0 N–H and O–H groups in total. The molecule has 2 bridgehead atoms. The van der Waals surface area contributed by atoms with Gasteiger partial charge in [-0.15, -0.1) is 0 Å². The van der Waals surface area contributed by atoms with Gasteiger partial charge in [-0.25, -0.2) is 4.99 Å². The first-order valence-electron chi connectivity index (χ1n) is 10.5. The first-order valence-corrected chi connectivity index (χ1v) is 11.3. The Bertz CT molecular complexity index is 1480. The number of methoxy groups -OCH3 is 1. The molecule has 3 atom stereocenters. The summed E-state index contributed by atoms with van der Waals surface area (Å²) >= 11 is 1.17. The molecule has 0 spiro atoms. The molecule has 0 saturated carbocycles. The van der Waals surface area contributed by atoms with Gasteiger partial charge in [0.15, 0.2) is 16.3 Å². The van der Waals surface area contributed by atoms with Gasteiger partial charge in [-0.1, -0.05) is 35.6 Å². The number of hydrogen-bond acceptors (Lipinski definition) is 7. The molecule has 1 aromatic heterocycles.